The zero-order valence-electron chi connectivity index (χ0n) is 12.6. The number of benzene rings is 1. The number of nitrogens with zero attached hydrogens (tertiary/aromatic N) is 2. The molecule has 10 heteroatoms. The highest BCUT2D eigenvalue weighted by molar-refractivity contribution is 7.86. The van der Waals surface area contributed by atoms with Crippen molar-refractivity contribution in [2.75, 3.05) is 11.9 Å². The highest BCUT2D eigenvalue weighted by Gasteiger charge is 2.37. The van der Waals surface area contributed by atoms with Crippen molar-refractivity contribution < 1.29 is 17.9 Å². The molecule has 1 atom stereocenters. The molecule has 3 rings (SSSR count). The third-order valence-electron chi connectivity index (χ3n) is 3.51. The summed E-state index contributed by atoms with van der Waals surface area (Å²) in [5, 5.41) is 8.62. The van der Waals surface area contributed by atoms with Gasteiger partial charge >= 0.3 is 0 Å². The summed E-state index contributed by atoms with van der Waals surface area (Å²) in [6.07, 6.45) is 2.52. The molecule has 0 aliphatic carbocycles. The Labute approximate surface area is 143 Å². The SMILES string of the molecule is NS(=O)(=O)N1CCC[C@@H]1C(=O)Nc1ncc(Oc2ccccc2)s1. The first-order valence-electron chi connectivity index (χ1n) is 7.22. The predicted octanol–water partition coefficient (Wildman–Crippen LogP) is 1.54. The Morgan fingerprint density at radius 1 is 1.38 bits per heavy atom. The summed E-state index contributed by atoms with van der Waals surface area (Å²) in [4.78, 5) is 16.4. The molecule has 1 aromatic carbocycles. The zero-order chi connectivity index (χ0) is 17.2. The van der Waals surface area contributed by atoms with Crippen molar-refractivity contribution in [1.29, 1.82) is 0 Å². The Morgan fingerprint density at radius 3 is 2.83 bits per heavy atom. The Hall–Kier alpha value is -2.01. The van der Waals surface area contributed by atoms with E-state index in [1.807, 2.05) is 18.2 Å². The van der Waals surface area contributed by atoms with E-state index < -0.39 is 22.2 Å². The number of carbonyl (C=O) groups excluding carboxylic acids is 1. The van der Waals surface area contributed by atoms with E-state index in [4.69, 9.17) is 9.88 Å². The molecule has 1 aromatic heterocycles. The molecule has 0 spiro atoms. The lowest BCUT2D eigenvalue weighted by atomic mass is 10.2. The number of hydrogen-bond donors (Lipinski definition) is 2. The number of thiazole rings is 1. The second-order valence-corrected chi connectivity index (χ2v) is 7.69. The quantitative estimate of drug-likeness (QED) is 0.831. The van der Waals surface area contributed by atoms with Crippen molar-refractivity contribution in [1.82, 2.24) is 9.29 Å². The summed E-state index contributed by atoms with van der Waals surface area (Å²) < 4.78 is 29.6. The molecule has 1 amide bonds. The monoisotopic (exact) mass is 368 g/mol. The molecule has 1 fully saturated rings. The van der Waals surface area contributed by atoms with Crippen LogP contribution < -0.4 is 15.2 Å². The second kappa shape index (κ2) is 6.85. The number of ether oxygens (including phenoxy) is 1. The number of rotatable bonds is 5. The van der Waals surface area contributed by atoms with Gasteiger partial charge in [0.25, 0.3) is 10.2 Å². The Bertz CT molecular complexity index is 822. The van der Waals surface area contributed by atoms with Crippen LogP contribution in [-0.4, -0.2) is 36.2 Å². The van der Waals surface area contributed by atoms with E-state index in [2.05, 4.69) is 10.3 Å². The first-order valence-corrected chi connectivity index (χ1v) is 9.54. The van der Waals surface area contributed by atoms with Crippen molar-refractivity contribution in [2.45, 2.75) is 18.9 Å². The first kappa shape index (κ1) is 16.8. The van der Waals surface area contributed by atoms with Gasteiger partial charge in [-0.2, -0.15) is 12.7 Å². The number of aromatic nitrogens is 1. The fourth-order valence-corrected chi connectivity index (χ4v) is 4.09. The van der Waals surface area contributed by atoms with Crippen LogP contribution in [0.3, 0.4) is 0 Å². The van der Waals surface area contributed by atoms with Crippen LogP contribution in [0.4, 0.5) is 5.13 Å². The number of carbonyl (C=O) groups is 1. The van der Waals surface area contributed by atoms with Crippen LogP contribution in [0.5, 0.6) is 10.8 Å². The second-order valence-electron chi connectivity index (χ2n) is 5.20. The van der Waals surface area contributed by atoms with Crippen molar-refractivity contribution >= 4 is 32.6 Å². The van der Waals surface area contributed by atoms with Crippen molar-refractivity contribution in [3.8, 4) is 10.8 Å². The van der Waals surface area contributed by atoms with Crippen molar-refractivity contribution in [2.24, 2.45) is 5.14 Å². The lowest BCUT2D eigenvalue weighted by Gasteiger charge is -2.20. The van der Waals surface area contributed by atoms with Gasteiger partial charge in [-0.25, -0.2) is 10.1 Å². The number of nitrogens with two attached hydrogens (primary N) is 1. The van der Waals surface area contributed by atoms with Gasteiger partial charge in [0.2, 0.25) is 11.0 Å². The van der Waals surface area contributed by atoms with E-state index in [1.54, 1.807) is 12.1 Å². The zero-order valence-corrected chi connectivity index (χ0v) is 14.2. The van der Waals surface area contributed by atoms with Gasteiger partial charge in [0.05, 0.1) is 6.20 Å². The summed E-state index contributed by atoms with van der Waals surface area (Å²) in [7, 11) is -3.89. The minimum atomic E-state index is -3.89. The van der Waals surface area contributed by atoms with Crippen LogP contribution in [0.2, 0.25) is 0 Å². The van der Waals surface area contributed by atoms with Gasteiger partial charge in [0.15, 0.2) is 5.13 Å². The van der Waals surface area contributed by atoms with Gasteiger partial charge in [-0.15, -0.1) is 0 Å². The van der Waals surface area contributed by atoms with E-state index in [0.29, 0.717) is 28.8 Å². The van der Waals surface area contributed by atoms with Crippen LogP contribution >= 0.6 is 11.3 Å². The third-order valence-corrected chi connectivity index (χ3v) is 5.39. The van der Waals surface area contributed by atoms with Gasteiger partial charge in [-0.05, 0) is 25.0 Å². The van der Waals surface area contributed by atoms with Crippen LogP contribution in [-0.2, 0) is 15.0 Å². The standard InChI is InChI=1S/C14H16N4O4S2/c15-24(20,21)18-8-4-7-11(18)13(19)17-14-16-9-12(23-14)22-10-5-2-1-3-6-10/h1-3,5-6,9,11H,4,7-8H2,(H2,15,20,21)(H,16,17,19)/t11-/m1/s1. The van der Waals surface area contributed by atoms with E-state index in [9.17, 15) is 13.2 Å². The number of para-hydroxylation sites is 1. The molecule has 8 nitrogen and oxygen atoms in total. The summed E-state index contributed by atoms with van der Waals surface area (Å²) in [6, 6.07) is 8.38. The lowest BCUT2D eigenvalue weighted by Crippen LogP contribution is -2.46. The molecular formula is C14H16N4O4S2. The smallest absolute Gasteiger partial charge is 0.277 e. The van der Waals surface area contributed by atoms with E-state index >= 15 is 0 Å². The molecule has 24 heavy (non-hydrogen) atoms. The van der Waals surface area contributed by atoms with Gasteiger partial charge in [0, 0.05) is 6.54 Å². The largest absolute Gasteiger partial charge is 0.445 e. The van der Waals surface area contributed by atoms with Crippen LogP contribution in [0.1, 0.15) is 12.8 Å². The summed E-state index contributed by atoms with van der Waals surface area (Å²) in [5.74, 6) is 0.220. The maximum Gasteiger partial charge on any atom is 0.277 e. The van der Waals surface area contributed by atoms with Crippen molar-refractivity contribution in [3.63, 3.8) is 0 Å². The molecule has 2 heterocycles. The summed E-state index contributed by atoms with van der Waals surface area (Å²) >= 11 is 1.16. The van der Waals surface area contributed by atoms with Crippen molar-refractivity contribution in [3.05, 3.63) is 36.5 Å². The molecule has 2 aromatic rings. The van der Waals surface area contributed by atoms with Gasteiger partial charge in [-0.3, -0.25) is 4.79 Å². The normalized spacial score (nSPS) is 18.5. The average Bonchev–Trinajstić information content (AvgIpc) is 3.17. The summed E-state index contributed by atoms with van der Waals surface area (Å²) in [5.41, 5.74) is 0. The molecule has 0 unspecified atom stereocenters. The van der Waals surface area contributed by atoms with Gasteiger partial charge in [0.1, 0.15) is 11.8 Å². The topological polar surface area (TPSA) is 115 Å². The first-order chi connectivity index (χ1) is 11.4. The lowest BCUT2D eigenvalue weighted by molar-refractivity contribution is -0.119. The molecule has 1 saturated heterocycles. The number of hydrogen-bond acceptors (Lipinski definition) is 6. The highest BCUT2D eigenvalue weighted by Crippen LogP contribution is 2.30. The molecular weight excluding hydrogens is 352 g/mol. The minimum Gasteiger partial charge on any atom is -0.445 e. The van der Waals surface area contributed by atoms with Crippen LogP contribution in [0.15, 0.2) is 36.5 Å². The van der Waals surface area contributed by atoms with E-state index in [-0.39, 0.29) is 6.54 Å². The number of anilines is 1. The van der Waals surface area contributed by atoms with E-state index in [0.717, 1.165) is 15.6 Å². The number of nitrogens with one attached hydrogen (secondary N) is 1. The van der Waals surface area contributed by atoms with E-state index in [1.165, 1.54) is 6.20 Å². The highest BCUT2D eigenvalue weighted by atomic mass is 32.2. The van der Waals surface area contributed by atoms with Gasteiger partial charge in [-0.1, -0.05) is 29.5 Å². The Balaban J connectivity index is 1.65. The predicted molar refractivity (Wildman–Crippen MR) is 90.1 cm³/mol. The fraction of sp³-hybridized carbons (Fsp3) is 0.286. The average molecular weight is 368 g/mol. The Morgan fingerprint density at radius 2 is 2.12 bits per heavy atom. The molecule has 3 N–H and O–H groups in total. The molecule has 1 aliphatic rings. The molecule has 1 aliphatic heterocycles. The Kier molecular flexibility index (Phi) is 4.81. The maximum absolute atomic E-state index is 12.3. The fourth-order valence-electron chi connectivity index (χ4n) is 2.46. The maximum atomic E-state index is 12.3. The molecule has 128 valence electrons. The summed E-state index contributed by atoms with van der Waals surface area (Å²) in [6.45, 7) is 0.247. The third kappa shape index (κ3) is 3.90. The molecule has 0 saturated carbocycles. The van der Waals surface area contributed by atoms with Crippen LogP contribution in [0.25, 0.3) is 0 Å². The molecule has 0 radical (unpaired) electrons. The minimum absolute atomic E-state index is 0.247. The van der Waals surface area contributed by atoms with Crippen LogP contribution in [0, 0.1) is 0 Å². The van der Waals surface area contributed by atoms with Gasteiger partial charge < -0.3 is 10.1 Å². The number of amides is 1. The molecule has 0 bridgehead atoms.